The van der Waals surface area contributed by atoms with Crippen LogP contribution < -0.4 is 5.73 Å². The summed E-state index contributed by atoms with van der Waals surface area (Å²) in [4.78, 5) is -0.854. The molecule has 0 radical (unpaired) electrons. The molecule has 0 bridgehead atoms. The fourth-order valence-corrected chi connectivity index (χ4v) is 2.68. The summed E-state index contributed by atoms with van der Waals surface area (Å²) < 4.78 is 100.0. The van der Waals surface area contributed by atoms with E-state index >= 15 is 0 Å². The minimum absolute atomic E-state index is 0.140. The molecule has 1 rings (SSSR count). The fourth-order valence-electron chi connectivity index (χ4n) is 1.47. The topological polar surface area (TPSA) is 43.1 Å². The minimum Gasteiger partial charge on any atom is -0.398 e. The molecule has 0 aliphatic heterocycles. The van der Waals surface area contributed by atoms with Gasteiger partial charge < -0.3 is 5.73 Å². The average molecular weight is 337 g/mol. The molecule has 1 unspecified atom stereocenters. The molecule has 120 valence electrons. The third kappa shape index (κ3) is 2.85. The van der Waals surface area contributed by atoms with Crippen molar-refractivity contribution in [2.45, 2.75) is 36.1 Å². The van der Waals surface area contributed by atoms with Crippen LogP contribution in [0.25, 0.3) is 0 Å². The van der Waals surface area contributed by atoms with E-state index in [-0.39, 0.29) is 16.8 Å². The minimum atomic E-state index is -6.52. The Hall–Kier alpha value is -1.32. The molecule has 1 aromatic carbocycles. The first kappa shape index (κ1) is 17.7. The molecule has 21 heavy (non-hydrogen) atoms. The third-order valence-electron chi connectivity index (χ3n) is 2.74. The van der Waals surface area contributed by atoms with Gasteiger partial charge in [-0.25, -0.2) is 4.21 Å². The summed E-state index contributed by atoms with van der Waals surface area (Å²) in [7, 11) is -3.90. The van der Waals surface area contributed by atoms with Gasteiger partial charge in [0.1, 0.15) is 10.8 Å². The standard InChI is InChI=1S/C11H10F7NOS/c1-5-3-7(4-6(2)8(5)19)21(20)11(17,18)9(12,13)10(14,15)16/h3-4H,19H2,1-2H3. The molecule has 2 N–H and O–H groups in total. The Morgan fingerprint density at radius 1 is 0.952 bits per heavy atom. The van der Waals surface area contributed by atoms with Crippen molar-refractivity contribution >= 4 is 16.5 Å². The van der Waals surface area contributed by atoms with Crippen LogP contribution in [0.15, 0.2) is 17.0 Å². The Bertz CT molecular complexity index is 559. The third-order valence-corrected chi connectivity index (χ3v) is 4.12. The summed E-state index contributed by atoms with van der Waals surface area (Å²) in [5, 5.41) is -5.81. The van der Waals surface area contributed by atoms with Crippen molar-refractivity contribution < 1.29 is 34.9 Å². The molecule has 0 heterocycles. The van der Waals surface area contributed by atoms with Crippen LogP contribution in [0.3, 0.4) is 0 Å². The lowest BCUT2D eigenvalue weighted by atomic mass is 10.1. The maximum Gasteiger partial charge on any atom is 0.461 e. The zero-order valence-electron chi connectivity index (χ0n) is 10.7. The zero-order valence-corrected chi connectivity index (χ0v) is 11.5. The fraction of sp³-hybridized carbons (Fsp3) is 0.455. The molecule has 0 aromatic heterocycles. The molecule has 2 nitrogen and oxygen atoms in total. The smallest absolute Gasteiger partial charge is 0.398 e. The van der Waals surface area contributed by atoms with Crippen LogP contribution in [0.1, 0.15) is 11.1 Å². The van der Waals surface area contributed by atoms with E-state index in [1.54, 1.807) is 0 Å². The quantitative estimate of drug-likeness (QED) is 0.674. The number of anilines is 1. The Morgan fingerprint density at radius 3 is 1.67 bits per heavy atom. The van der Waals surface area contributed by atoms with Crippen LogP contribution in [-0.4, -0.2) is 21.6 Å². The van der Waals surface area contributed by atoms with E-state index in [2.05, 4.69) is 0 Å². The Labute approximate surface area is 117 Å². The molecule has 0 spiro atoms. The van der Waals surface area contributed by atoms with Gasteiger partial charge in [0.2, 0.25) is 0 Å². The predicted molar refractivity (Wildman–Crippen MR) is 62.7 cm³/mol. The van der Waals surface area contributed by atoms with Gasteiger partial charge in [-0.1, -0.05) is 0 Å². The van der Waals surface area contributed by atoms with Crippen molar-refractivity contribution in [1.29, 1.82) is 0 Å². The van der Waals surface area contributed by atoms with Gasteiger partial charge in [-0.15, -0.1) is 0 Å². The van der Waals surface area contributed by atoms with Gasteiger partial charge in [0, 0.05) is 10.6 Å². The zero-order chi connectivity index (χ0) is 16.8. The van der Waals surface area contributed by atoms with Crippen molar-refractivity contribution in [2.75, 3.05) is 5.73 Å². The van der Waals surface area contributed by atoms with Crippen LogP contribution in [0.4, 0.5) is 36.4 Å². The summed E-state index contributed by atoms with van der Waals surface area (Å²) >= 11 is 0. The first-order chi connectivity index (χ1) is 9.23. The van der Waals surface area contributed by atoms with Crippen molar-refractivity contribution in [3.8, 4) is 0 Å². The normalized spacial score (nSPS) is 15.1. The number of benzene rings is 1. The second-order valence-electron chi connectivity index (χ2n) is 4.33. The van der Waals surface area contributed by atoms with Gasteiger partial charge >= 0.3 is 17.4 Å². The number of alkyl halides is 7. The second-order valence-corrected chi connectivity index (χ2v) is 5.85. The summed E-state index contributed by atoms with van der Waals surface area (Å²) in [5.74, 6) is -6.42. The van der Waals surface area contributed by atoms with E-state index in [9.17, 15) is 34.9 Å². The molecule has 0 aliphatic rings. The summed E-state index contributed by atoms with van der Waals surface area (Å²) in [6.07, 6.45) is -6.52. The lowest BCUT2D eigenvalue weighted by molar-refractivity contribution is -0.331. The van der Waals surface area contributed by atoms with Crippen molar-refractivity contribution in [1.82, 2.24) is 0 Å². The molecular formula is C11H10F7NOS. The monoisotopic (exact) mass is 337 g/mol. The Morgan fingerprint density at radius 2 is 1.33 bits per heavy atom. The lowest BCUT2D eigenvalue weighted by Gasteiger charge is -2.27. The average Bonchev–Trinajstić information content (AvgIpc) is 2.32. The lowest BCUT2D eigenvalue weighted by Crippen LogP contribution is -2.54. The molecular weight excluding hydrogens is 327 g/mol. The number of rotatable bonds is 3. The molecule has 0 aliphatic carbocycles. The Kier molecular flexibility index (Phi) is 4.35. The first-order valence-electron chi connectivity index (χ1n) is 5.34. The highest BCUT2D eigenvalue weighted by Crippen LogP contribution is 2.49. The molecule has 1 aromatic rings. The Balaban J connectivity index is 3.37. The number of aryl methyl sites for hydroxylation is 2. The van der Waals surface area contributed by atoms with Gasteiger partial charge in [-0.2, -0.15) is 30.7 Å². The van der Waals surface area contributed by atoms with Gasteiger partial charge in [0.15, 0.2) is 0 Å². The molecule has 1 atom stereocenters. The maximum absolute atomic E-state index is 13.3. The predicted octanol–water partition coefficient (Wildman–Crippen LogP) is 3.78. The van der Waals surface area contributed by atoms with E-state index in [0.717, 1.165) is 12.1 Å². The van der Waals surface area contributed by atoms with Gasteiger partial charge in [0.05, 0.1) is 0 Å². The maximum atomic E-state index is 13.3. The van der Waals surface area contributed by atoms with Gasteiger partial charge in [-0.05, 0) is 37.1 Å². The highest BCUT2D eigenvalue weighted by molar-refractivity contribution is 7.86. The number of hydrogen-bond donors (Lipinski definition) is 1. The van der Waals surface area contributed by atoms with E-state index in [1.807, 2.05) is 0 Å². The van der Waals surface area contributed by atoms with E-state index in [4.69, 9.17) is 5.73 Å². The SMILES string of the molecule is Cc1cc(S(=O)C(F)(F)C(F)(F)C(F)(F)F)cc(C)c1N. The van der Waals surface area contributed by atoms with Crippen molar-refractivity contribution in [3.63, 3.8) is 0 Å². The summed E-state index contributed by atoms with van der Waals surface area (Å²) in [5.41, 5.74) is 5.93. The van der Waals surface area contributed by atoms with Crippen LogP contribution in [0.2, 0.25) is 0 Å². The number of nitrogen functional groups attached to an aromatic ring is 1. The van der Waals surface area contributed by atoms with Crippen LogP contribution in [0, 0.1) is 13.8 Å². The summed E-state index contributed by atoms with van der Waals surface area (Å²) in [6.45, 7) is 2.64. The molecule has 10 heteroatoms. The van der Waals surface area contributed by atoms with Crippen molar-refractivity contribution in [2.24, 2.45) is 0 Å². The largest absolute Gasteiger partial charge is 0.461 e. The van der Waals surface area contributed by atoms with E-state index in [1.165, 1.54) is 13.8 Å². The summed E-state index contributed by atoms with van der Waals surface area (Å²) in [6, 6.07) is 1.58. The van der Waals surface area contributed by atoms with Gasteiger partial charge in [-0.3, -0.25) is 0 Å². The first-order valence-corrected chi connectivity index (χ1v) is 6.49. The van der Waals surface area contributed by atoms with Crippen molar-refractivity contribution in [3.05, 3.63) is 23.3 Å². The molecule has 0 fully saturated rings. The molecule has 0 amide bonds. The van der Waals surface area contributed by atoms with E-state index < -0.39 is 33.0 Å². The van der Waals surface area contributed by atoms with Crippen LogP contribution in [0.5, 0.6) is 0 Å². The number of nitrogens with two attached hydrogens (primary N) is 1. The second kappa shape index (κ2) is 5.15. The molecule has 0 saturated carbocycles. The van der Waals surface area contributed by atoms with Gasteiger partial charge in [0.25, 0.3) is 0 Å². The molecule has 0 saturated heterocycles. The highest BCUT2D eigenvalue weighted by Gasteiger charge is 2.76. The van der Waals surface area contributed by atoms with E-state index in [0.29, 0.717) is 0 Å². The number of hydrogen-bond acceptors (Lipinski definition) is 2. The number of halogens is 7. The van der Waals surface area contributed by atoms with Crippen LogP contribution >= 0.6 is 0 Å². The van der Waals surface area contributed by atoms with Crippen LogP contribution in [-0.2, 0) is 10.8 Å². The highest BCUT2D eigenvalue weighted by atomic mass is 32.2.